The summed E-state index contributed by atoms with van der Waals surface area (Å²) in [5.41, 5.74) is -1.20. The molecule has 0 radical (unpaired) electrons. The van der Waals surface area contributed by atoms with Crippen LogP contribution in [0.5, 0.6) is 5.88 Å². The molecule has 0 spiro atoms. The van der Waals surface area contributed by atoms with E-state index in [0.29, 0.717) is 4.57 Å². The van der Waals surface area contributed by atoms with Gasteiger partial charge in [-0.2, -0.15) is 0 Å². The number of rotatable bonds is 4. The minimum atomic E-state index is -3.91. The normalized spacial score (nSPS) is 16.9. The minimum absolute atomic E-state index is 0.0321. The molecule has 0 saturated carbocycles. The van der Waals surface area contributed by atoms with Crippen molar-refractivity contribution >= 4 is 38.9 Å². The first-order valence-corrected chi connectivity index (χ1v) is 9.48. The molecule has 136 valence electrons. The molecule has 0 saturated heterocycles. The van der Waals surface area contributed by atoms with Crippen LogP contribution in [0, 0.1) is 5.82 Å². The summed E-state index contributed by atoms with van der Waals surface area (Å²) >= 11 is 11.1. The Bertz CT molecular complexity index is 1020. The molecule has 2 heterocycles. The van der Waals surface area contributed by atoms with Gasteiger partial charge in [0.05, 0.1) is 34.7 Å². The first-order valence-electron chi connectivity index (χ1n) is 6.92. The van der Waals surface area contributed by atoms with E-state index in [1.54, 1.807) is 0 Å². The number of hydrogen-bond acceptors (Lipinski definition) is 5. The molecule has 0 fully saturated rings. The number of aromatic hydroxyl groups is 1. The average molecular weight is 412 g/mol. The van der Waals surface area contributed by atoms with Crippen LogP contribution in [0.4, 0.5) is 10.1 Å². The zero-order chi connectivity index (χ0) is 18.5. The molecule has 2 aromatic rings. The molecular formula is C13H12Cl2FN3O5S. The van der Waals surface area contributed by atoms with Gasteiger partial charge in [0.15, 0.2) is 0 Å². The summed E-state index contributed by atoms with van der Waals surface area (Å²) in [5.74, 6) is -1.48. The summed E-state index contributed by atoms with van der Waals surface area (Å²) in [6.45, 7) is -0.0321. The predicted octanol–water partition coefficient (Wildman–Crippen LogP) is 0.992. The molecule has 0 amide bonds. The van der Waals surface area contributed by atoms with Gasteiger partial charge in [-0.15, -0.1) is 11.6 Å². The van der Waals surface area contributed by atoms with E-state index in [1.807, 2.05) is 0 Å². The maximum atomic E-state index is 14.3. The van der Waals surface area contributed by atoms with E-state index < -0.39 is 44.4 Å². The van der Waals surface area contributed by atoms with Gasteiger partial charge in [0.25, 0.3) is 0 Å². The lowest BCUT2D eigenvalue weighted by Gasteiger charge is -2.12. The SMILES string of the molecule is O=c1n2c(c(O)n1-c1cc(NS(=O)(=O)CCl)c(Cl)cc1F)C[C@@H](O)C2. The maximum absolute atomic E-state index is 14.3. The first-order chi connectivity index (χ1) is 11.6. The summed E-state index contributed by atoms with van der Waals surface area (Å²) in [6.07, 6.45) is -0.779. The second kappa shape index (κ2) is 6.20. The lowest BCUT2D eigenvalue weighted by molar-refractivity contribution is 0.173. The van der Waals surface area contributed by atoms with Crippen LogP contribution in [-0.4, -0.2) is 39.1 Å². The summed E-state index contributed by atoms with van der Waals surface area (Å²) in [4.78, 5) is 12.4. The third kappa shape index (κ3) is 3.10. The predicted molar refractivity (Wildman–Crippen MR) is 89.6 cm³/mol. The summed E-state index contributed by atoms with van der Waals surface area (Å²) in [6, 6.07) is 1.79. The van der Waals surface area contributed by atoms with Gasteiger partial charge in [0, 0.05) is 6.42 Å². The van der Waals surface area contributed by atoms with Crippen LogP contribution < -0.4 is 10.4 Å². The van der Waals surface area contributed by atoms with E-state index in [0.717, 1.165) is 16.7 Å². The number of nitrogens with one attached hydrogen (secondary N) is 1. The Morgan fingerprint density at radius 1 is 1.40 bits per heavy atom. The van der Waals surface area contributed by atoms with Gasteiger partial charge < -0.3 is 10.2 Å². The topological polar surface area (TPSA) is 114 Å². The van der Waals surface area contributed by atoms with Gasteiger partial charge in [-0.05, 0) is 12.1 Å². The van der Waals surface area contributed by atoms with Crippen molar-refractivity contribution in [3.8, 4) is 11.6 Å². The Morgan fingerprint density at radius 3 is 2.68 bits per heavy atom. The van der Waals surface area contributed by atoms with Crippen molar-refractivity contribution in [2.24, 2.45) is 0 Å². The number of anilines is 1. The summed E-state index contributed by atoms with van der Waals surface area (Å²) in [5, 5.41) is 18.8. The minimum Gasteiger partial charge on any atom is -0.493 e. The van der Waals surface area contributed by atoms with Crippen molar-refractivity contribution in [1.29, 1.82) is 0 Å². The Kier molecular flexibility index (Phi) is 4.48. The monoisotopic (exact) mass is 411 g/mol. The Hall–Kier alpha value is -1.75. The second-order valence-corrected chi connectivity index (χ2v) is 8.18. The van der Waals surface area contributed by atoms with E-state index in [9.17, 15) is 27.8 Å². The zero-order valence-corrected chi connectivity index (χ0v) is 14.7. The molecule has 3 rings (SSSR count). The third-order valence-corrected chi connectivity index (χ3v) is 5.72. The van der Waals surface area contributed by atoms with Gasteiger partial charge in [-0.3, -0.25) is 9.29 Å². The van der Waals surface area contributed by atoms with Gasteiger partial charge >= 0.3 is 5.69 Å². The van der Waals surface area contributed by atoms with E-state index >= 15 is 0 Å². The van der Waals surface area contributed by atoms with Crippen LogP contribution in [-0.2, 0) is 23.0 Å². The number of nitrogens with zero attached hydrogens (tertiary/aromatic N) is 2. The molecule has 0 unspecified atom stereocenters. The molecule has 12 heteroatoms. The average Bonchev–Trinajstić information content (AvgIpc) is 3.01. The van der Waals surface area contributed by atoms with Crippen LogP contribution in [0.15, 0.2) is 16.9 Å². The van der Waals surface area contributed by atoms with Crippen LogP contribution in [0.25, 0.3) is 5.69 Å². The smallest absolute Gasteiger partial charge is 0.336 e. The molecule has 0 bridgehead atoms. The second-order valence-electron chi connectivity index (χ2n) is 5.47. The fourth-order valence-electron chi connectivity index (χ4n) is 2.66. The number of aliphatic hydroxyl groups excluding tert-OH is 1. The number of fused-ring (bicyclic) bond motifs is 1. The number of sulfonamides is 1. The van der Waals surface area contributed by atoms with Crippen molar-refractivity contribution in [2.75, 3.05) is 9.93 Å². The van der Waals surface area contributed by atoms with Crippen LogP contribution >= 0.6 is 23.2 Å². The van der Waals surface area contributed by atoms with Crippen molar-refractivity contribution in [2.45, 2.75) is 19.1 Å². The van der Waals surface area contributed by atoms with E-state index in [2.05, 4.69) is 4.72 Å². The number of hydrogen-bond donors (Lipinski definition) is 3. The Balaban J connectivity index is 2.17. The number of halogens is 3. The van der Waals surface area contributed by atoms with Gasteiger partial charge in [-0.25, -0.2) is 22.2 Å². The molecule has 1 aromatic carbocycles. The van der Waals surface area contributed by atoms with Gasteiger partial charge in [-0.1, -0.05) is 11.6 Å². The standard InChI is InChI=1S/C13H12Cl2FN3O5S/c14-5-25(23,24)17-9-3-10(8(16)2-7(9)15)19-12(21)11-1-6(20)4-18(11)13(19)22/h2-3,6,17,20-21H,1,4-5H2/t6-/m1/s1. The third-order valence-electron chi connectivity index (χ3n) is 3.73. The molecule has 25 heavy (non-hydrogen) atoms. The highest BCUT2D eigenvalue weighted by molar-refractivity contribution is 7.93. The molecule has 1 atom stereocenters. The van der Waals surface area contributed by atoms with E-state index in [4.69, 9.17) is 23.2 Å². The maximum Gasteiger partial charge on any atom is 0.336 e. The number of aromatic nitrogens is 2. The molecule has 1 aromatic heterocycles. The van der Waals surface area contributed by atoms with Crippen LogP contribution in [0.1, 0.15) is 5.69 Å². The number of benzene rings is 1. The lowest BCUT2D eigenvalue weighted by Crippen LogP contribution is -2.25. The van der Waals surface area contributed by atoms with Crippen molar-refractivity contribution in [3.05, 3.63) is 39.2 Å². The summed E-state index contributed by atoms with van der Waals surface area (Å²) in [7, 11) is -3.91. The highest BCUT2D eigenvalue weighted by atomic mass is 35.5. The molecule has 0 aliphatic carbocycles. The van der Waals surface area contributed by atoms with E-state index in [-0.39, 0.29) is 29.4 Å². The zero-order valence-electron chi connectivity index (χ0n) is 12.4. The fourth-order valence-corrected chi connectivity index (χ4v) is 3.64. The van der Waals surface area contributed by atoms with Crippen LogP contribution in [0.2, 0.25) is 5.02 Å². The first kappa shape index (κ1) is 18.1. The highest BCUT2D eigenvalue weighted by Gasteiger charge is 2.30. The number of aliphatic hydroxyl groups is 1. The van der Waals surface area contributed by atoms with Crippen molar-refractivity contribution in [3.63, 3.8) is 0 Å². The van der Waals surface area contributed by atoms with Crippen molar-refractivity contribution < 1.29 is 23.0 Å². The van der Waals surface area contributed by atoms with Crippen molar-refractivity contribution in [1.82, 2.24) is 9.13 Å². The van der Waals surface area contributed by atoms with Crippen LogP contribution in [0.3, 0.4) is 0 Å². The lowest BCUT2D eigenvalue weighted by atomic mass is 10.2. The van der Waals surface area contributed by atoms with Gasteiger partial charge in [0.2, 0.25) is 15.9 Å². The van der Waals surface area contributed by atoms with E-state index in [1.165, 1.54) is 0 Å². The Morgan fingerprint density at radius 2 is 2.08 bits per heavy atom. The highest BCUT2D eigenvalue weighted by Crippen LogP contribution is 2.32. The molecular weight excluding hydrogens is 400 g/mol. The van der Waals surface area contributed by atoms with Gasteiger partial charge in [0.1, 0.15) is 11.0 Å². The molecule has 1 aliphatic rings. The largest absolute Gasteiger partial charge is 0.493 e. The quantitative estimate of drug-likeness (QED) is 0.649. The number of imidazole rings is 1. The number of alkyl halides is 1. The fraction of sp³-hybridized carbons (Fsp3) is 0.308. The Labute approximate surface area is 151 Å². The molecule has 1 aliphatic heterocycles. The summed E-state index contributed by atoms with van der Waals surface area (Å²) < 4.78 is 41.4. The molecule has 3 N–H and O–H groups in total. The molecule has 8 nitrogen and oxygen atoms in total.